The van der Waals surface area contributed by atoms with Crippen molar-refractivity contribution in [3.63, 3.8) is 0 Å². The van der Waals surface area contributed by atoms with Gasteiger partial charge in [-0.25, -0.2) is 0 Å². The molecule has 0 aliphatic heterocycles. The Labute approximate surface area is 67.2 Å². The monoisotopic (exact) mass is 153 g/mol. The Kier molecular flexibility index (Phi) is 2.65. The second-order valence-corrected chi connectivity index (χ2v) is 2.50. The van der Waals surface area contributed by atoms with E-state index in [1.807, 2.05) is 4.68 Å². The first-order chi connectivity index (χ1) is 5.31. The van der Waals surface area contributed by atoms with Gasteiger partial charge in [-0.05, 0) is 19.4 Å². The molecule has 1 aromatic heterocycles. The summed E-state index contributed by atoms with van der Waals surface area (Å²) >= 11 is 0. The second kappa shape index (κ2) is 3.53. The summed E-state index contributed by atoms with van der Waals surface area (Å²) in [6, 6.07) is 2.07. The number of hydrogen-bond acceptors (Lipinski definition) is 2. The van der Waals surface area contributed by atoms with Crippen molar-refractivity contribution in [2.24, 2.45) is 5.73 Å². The lowest BCUT2D eigenvalue weighted by atomic mass is 10.3. The topological polar surface area (TPSA) is 43.8 Å². The molecule has 0 bridgehead atoms. The van der Waals surface area contributed by atoms with Gasteiger partial charge in [-0.2, -0.15) is 5.10 Å². The van der Waals surface area contributed by atoms with E-state index in [-0.39, 0.29) is 0 Å². The molecule has 11 heavy (non-hydrogen) atoms. The summed E-state index contributed by atoms with van der Waals surface area (Å²) in [5.41, 5.74) is 7.73. The van der Waals surface area contributed by atoms with E-state index in [1.54, 1.807) is 0 Å². The summed E-state index contributed by atoms with van der Waals surface area (Å²) in [4.78, 5) is 0. The first-order valence-electron chi connectivity index (χ1n) is 4.07. The lowest BCUT2D eigenvalue weighted by molar-refractivity contribution is 0.617. The number of aromatic nitrogens is 2. The largest absolute Gasteiger partial charge is 0.325 e. The van der Waals surface area contributed by atoms with Gasteiger partial charge in [0, 0.05) is 18.8 Å². The Morgan fingerprint density at radius 2 is 2.27 bits per heavy atom. The van der Waals surface area contributed by atoms with Gasteiger partial charge in [-0.3, -0.25) is 4.68 Å². The van der Waals surface area contributed by atoms with E-state index in [2.05, 4.69) is 25.0 Å². The van der Waals surface area contributed by atoms with Crippen LogP contribution in [0.15, 0.2) is 6.07 Å². The maximum Gasteiger partial charge on any atom is 0.0763 e. The summed E-state index contributed by atoms with van der Waals surface area (Å²) in [7, 11) is 0. The maximum atomic E-state index is 5.47. The Morgan fingerprint density at radius 3 is 2.64 bits per heavy atom. The van der Waals surface area contributed by atoms with Crippen LogP contribution in [0, 0.1) is 0 Å². The number of rotatable bonds is 3. The van der Waals surface area contributed by atoms with Crippen molar-refractivity contribution in [2.75, 3.05) is 0 Å². The smallest absolute Gasteiger partial charge is 0.0763 e. The molecule has 0 saturated heterocycles. The summed E-state index contributed by atoms with van der Waals surface area (Å²) in [6.45, 7) is 5.69. The second-order valence-electron chi connectivity index (χ2n) is 2.50. The average molecular weight is 153 g/mol. The lowest BCUT2D eigenvalue weighted by Gasteiger charge is -1.98. The Bertz CT molecular complexity index is 206. The highest BCUT2D eigenvalue weighted by Crippen LogP contribution is 2.04. The maximum absolute atomic E-state index is 5.47. The zero-order valence-corrected chi connectivity index (χ0v) is 7.17. The van der Waals surface area contributed by atoms with Gasteiger partial charge in [0.1, 0.15) is 0 Å². The van der Waals surface area contributed by atoms with Crippen molar-refractivity contribution >= 4 is 0 Å². The molecule has 62 valence electrons. The van der Waals surface area contributed by atoms with Crippen LogP contribution in [0.1, 0.15) is 25.2 Å². The third-order valence-corrected chi connectivity index (χ3v) is 1.78. The number of nitrogens with two attached hydrogens (primary N) is 1. The first kappa shape index (κ1) is 8.27. The van der Waals surface area contributed by atoms with Gasteiger partial charge in [-0.15, -0.1) is 0 Å². The van der Waals surface area contributed by atoms with Gasteiger partial charge in [0.15, 0.2) is 0 Å². The fourth-order valence-electron chi connectivity index (χ4n) is 1.17. The average Bonchev–Trinajstić information content (AvgIpc) is 2.46. The van der Waals surface area contributed by atoms with E-state index in [1.165, 1.54) is 5.69 Å². The zero-order valence-electron chi connectivity index (χ0n) is 7.17. The van der Waals surface area contributed by atoms with Crippen LogP contribution < -0.4 is 5.73 Å². The predicted octanol–water partition coefficient (Wildman–Crippen LogP) is 0.924. The molecule has 2 N–H and O–H groups in total. The van der Waals surface area contributed by atoms with Crippen molar-refractivity contribution in [1.29, 1.82) is 0 Å². The van der Waals surface area contributed by atoms with E-state index < -0.39 is 0 Å². The highest BCUT2D eigenvalue weighted by molar-refractivity contribution is 5.09. The van der Waals surface area contributed by atoms with Gasteiger partial charge in [0.05, 0.1) is 5.69 Å². The highest BCUT2D eigenvalue weighted by Gasteiger charge is 2.01. The summed E-state index contributed by atoms with van der Waals surface area (Å²) in [6.07, 6.45) is 1.03. The van der Waals surface area contributed by atoms with Gasteiger partial charge in [0.2, 0.25) is 0 Å². The molecule has 0 aromatic carbocycles. The molecule has 0 radical (unpaired) electrons. The molecule has 3 nitrogen and oxygen atoms in total. The Morgan fingerprint density at radius 1 is 1.55 bits per heavy atom. The molecule has 1 rings (SSSR count). The number of nitrogens with zero attached hydrogens (tertiary/aromatic N) is 2. The number of aryl methyl sites for hydroxylation is 2. The zero-order chi connectivity index (χ0) is 8.27. The van der Waals surface area contributed by atoms with Gasteiger partial charge >= 0.3 is 0 Å². The number of hydrogen-bond donors (Lipinski definition) is 1. The minimum absolute atomic E-state index is 0.542. The summed E-state index contributed by atoms with van der Waals surface area (Å²) in [5.74, 6) is 0. The normalized spacial score (nSPS) is 10.5. The van der Waals surface area contributed by atoms with Gasteiger partial charge in [-0.1, -0.05) is 6.92 Å². The van der Waals surface area contributed by atoms with Gasteiger partial charge < -0.3 is 5.73 Å². The molecule has 0 amide bonds. The van der Waals surface area contributed by atoms with Crippen LogP contribution in [-0.2, 0) is 19.5 Å². The minimum atomic E-state index is 0.542. The van der Waals surface area contributed by atoms with Gasteiger partial charge in [0.25, 0.3) is 0 Å². The van der Waals surface area contributed by atoms with Crippen LogP contribution in [0.25, 0.3) is 0 Å². The molecule has 0 unspecified atom stereocenters. The van der Waals surface area contributed by atoms with Crippen LogP contribution in [0.3, 0.4) is 0 Å². The first-order valence-corrected chi connectivity index (χ1v) is 4.07. The SMILES string of the molecule is CCc1cc(CN)nn1CC. The van der Waals surface area contributed by atoms with Crippen molar-refractivity contribution in [3.8, 4) is 0 Å². The lowest BCUT2D eigenvalue weighted by Crippen LogP contribution is -2.02. The predicted molar refractivity (Wildman–Crippen MR) is 45.2 cm³/mol. The Balaban J connectivity index is 2.92. The molecule has 0 atom stereocenters. The quantitative estimate of drug-likeness (QED) is 0.702. The molecule has 0 spiro atoms. The molecule has 1 aromatic rings. The molecule has 0 aliphatic carbocycles. The Hall–Kier alpha value is -0.830. The third-order valence-electron chi connectivity index (χ3n) is 1.78. The third kappa shape index (κ3) is 1.60. The van der Waals surface area contributed by atoms with Crippen LogP contribution in [0.5, 0.6) is 0 Å². The van der Waals surface area contributed by atoms with E-state index >= 15 is 0 Å². The molecule has 1 heterocycles. The van der Waals surface area contributed by atoms with Crippen LogP contribution >= 0.6 is 0 Å². The summed E-state index contributed by atoms with van der Waals surface area (Å²) in [5, 5.41) is 4.31. The van der Waals surface area contributed by atoms with E-state index in [9.17, 15) is 0 Å². The van der Waals surface area contributed by atoms with E-state index in [0.717, 1.165) is 18.7 Å². The van der Waals surface area contributed by atoms with Crippen LogP contribution in [-0.4, -0.2) is 9.78 Å². The van der Waals surface area contributed by atoms with Crippen molar-refractivity contribution in [2.45, 2.75) is 33.4 Å². The molecular weight excluding hydrogens is 138 g/mol. The summed E-state index contributed by atoms with van der Waals surface area (Å²) < 4.78 is 2.00. The molecular formula is C8H15N3. The minimum Gasteiger partial charge on any atom is -0.325 e. The highest BCUT2D eigenvalue weighted by atomic mass is 15.3. The van der Waals surface area contributed by atoms with Crippen molar-refractivity contribution < 1.29 is 0 Å². The van der Waals surface area contributed by atoms with Crippen LogP contribution in [0.4, 0.5) is 0 Å². The molecule has 0 saturated carbocycles. The fraction of sp³-hybridized carbons (Fsp3) is 0.625. The molecule has 3 heteroatoms. The standard InChI is InChI=1S/C8H15N3/c1-3-8-5-7(6-9)10-11(8)4-2/h5H,3-4,6,9H2,1-2H3. The van der Waals surface area contributed by atoms with Crippen LogP contribution in [0.2, 0.25) is 0 Å². The van der Waals surface area contributed by atoms with Crippen molar-refractivity contribution in [3.05, 3.63) is 17.5 Å². The van der Waals surface area contributed by atoms with E-state index in [4.69, 9.17) is 5.73 Å². The van der Waals surface area contributed by atoms with E-state index in [0.29, 0.717) is 6.54 Å². The molecule has 0 aliphatic rings. The van der Waals surface area contributed by atoms with Crippen molar-refractivity contribution in [1.82, 2.24) is 9.78 Å². The molecule has 0 fully saturated rings. The fourth-order valence-corrected chi connectivity index (χ4v) is 1.17.